The number of carbonyl (C=O) groups excluding carboxylic acids is 1. The molecule has 116 valence electrons. The zero-order valence-electron chi connectivity index (χ0n) is 12.6. The van der Waals surface area contributed by atoms with Gasteiger partial charge >= 0.3 is 0 Å². The molecule has 2 aromatic heterocycles. The van der Waals surface area contributed by atoms with Crippen LogP contribution in [0.3, 0.4) is 0 Å². The SMILES string of the molecule is CCc1cc(=O)n(CCNC(=O)c2cccn(C)c2=O)cn1. The molecule has 22 heavy (non-hydrogen) atoms. The second kappa shape index (κ2) is 6.84. The molecule has 2 aromatic rings. The molecule has 0 spiro atoms. The third kappa shape index (κ3) is 3.49. The van der Waals surface area contributed by atoms with Gasteiger partial charge in [0.05, 0.1) is 6.33 Å². The molecule has 0 fully saturated rings. The van der Waals surface area contributed by atoms with E-state index >= 15 is 0 Å². The van der Waals surface area contributed by atoms with Crippen LogP contribution in [0.2, 0.25) is 0 Å². The Morgan fingerprint density at radius 3 is 2.82 bits per heavy atom. The van der Waals surface area contributed by atoms with Crippen molar-refractivity contribution in [1.29, 1.82) is 0 Å². The van der Waals surface area contributed by atoms with E-state index in [0.717, 1.165) is 5.69 Å². The fraction of sp³-hybridized carbons (Fsp3) is 0.333. The molecular weight excluding hydrogens is 284 g/mol. The number of nitrogens with zero attached hydrogens (tertiary/aromatic N) is 3. The van der Waals surface area contributed by atoms with Crippen LogP contribution in [0.4, 0.5) is 0 Å². The molecule has 0 aromatic carbocycles. The Balaban J connectivity index is 1.99. The zero-order valence-corrected chi connectivity index (χ0v) is 12.6. The van der Waals surface area contributed by atoms with Crippen molar-refractivity contribution < 1.29 is 4.79 Å². The summed E-state index contributed by atoms with van der Waals surface area (Å²) in [6, 6.07) is 4.59. The first-order chi connectivity index (χ1) is 10.5. The number of aryl methyl sites for hydroxylation is 2. The first-order valence-corrected chi connectivity index (χ1v) is 7.02. The molecule has 7 nitrogen and oxygen atoms in total. The van der Waals surface area contributed by atoms with E-state index in [0.29, 0.717) is 13.0 Å². The molecule has 0 bridgehead atoms. The van der Waals surface area contributed by atoms with Crippen LogP contribution >= 0.6 is 0 Å². The van der Waals surface area contributed by atoms with E-state index in [1.54, 1.807) is 19.3 Å². The highest BCUT2D eigenvalue weighted by atomic mass is 16.2. The van der Waals surface area contributed by atoms with E-state index in [1.807, 2.05) is 6.92 Å². The first-order valence-electron chi connectivity index (χ1n) is 7.02. The van der Waals surface area contributed by atoms with Crippen molar-refractivity contribution in [3.8, 4) is 0 Å². The lowest BCUT2D eigenvalue weighted by Gasteiger charge is -2.08. The largest absolute Gasteiger partial charge is 0.350 e. The third-order valence-corrected chi connectivity index (χ3v) is 3.30. The van der Waals surface area contributed by atoms with Gasteiger partial charge < -0.3 is 9.88 Å². The van der Waals surface area contributed by atoms with Gasteiger partial charge in [-0.1, -0.05) is 6.92 Å². The molecule has 0 aliphatic heterocycles. The summed E-state index contributed by atoms with van der Waals surface area (Å²) in [5, 5.41) is 2.63. The second-order valence-corrected chi connectivity index (χ2v) is 4.86. The lowest BCUT2D eigenvalue weighted by Crippen LogP contribution is -2.35. The Morgan fingerprint density at radius 2 is 2.14 bits per heavy atom. The Labute approximate surface area is 127 Å². The van der Waals surface area contributed by atoms with Gasteiger partial charge in [-0.25, -0.2) is 4.98 Å². The summed E-state index contributed by atoms with van der Waals surface area (Å²) in [5.41, 5.74) is 0.303. The van der Waals surface area contributed by atoms with Gasteiger partial charge in [-0.05, 0) is 18.6 Å². The van der Waals surface area contributed by atoms with Crippen molar-refractivity contribution in [2.24, 2.45) is 7.05 Å². The van der Waals surface area contributed by atoms with Gasteiger partial charge in [0.15, 0.2) is 0 Å². The van der Waals surface area contributed by atoms with Crippen LogP contribution in [0.5, 0.6) is 0 Å². The van der Waals surface area contributed by atoms with Crippen molar-refractivity contribution in [3.05, 3.63) is 62.7 Å². The van der Waals surface area contributed by atoms with Crippen LogP contribution in [0.15, 0.2) is 40.3 Å². The highest BCUT2D eigenvalue weighted by molar-refractivity contribution is 5.93. The standard InChI is InChI=1S/C15H18N4O3/c1-3-11-9-13(20)19(10-17-11)8-6-16-14(21)12-5-4-7-18(2)15(12)22/h4-5,7,9-10H,3,6,8H2,1-2H3,(H,16,21). The van der Waals surface area contributed by atoms with Gasteiger partial charge in [0.25, 0.3) is 17.0 Å². The number of amides is 1. The smallest absolute Gasteiger partial charge is 0.263 e. The second-order valence-electron chi connectivity index (χ2n) is 4.86. The highest BCUT2D eigenvalue weighted by Gasteiger charge is 2.10. The molecule has 0 unspecified atom stereocenters. The number of rotatable bonds is 5. The van der Waals surface area contributed by atoms with Crippen molar-refractivity contribution in [2.45, 2.75) is 19.9 Å². The molecule has 0 aliphatic carbocycles. The molecule has 2 rings (SSSR count). The monoisotopic (exact) mass is 302 g/mol. The van der Waals surface area contributed by atoms with Crippen LogP contribution < -0.4 is 16.4 Å². The van der Waals surface area contributed by atoms with Gasteiger partial charge in [0.2, 0.25) is 0 Å². The lowest BCUT2D eigenvalue weighted by atomic mass is 10.2. The third-order valence-electron chi connectivity index (χ3n) is 3.30. The summed E-state index contributed by atoms with van der Waals surface area (Å²) in [7, 11) is 1.58. The highest BCUT2D eigenvalue weighted by Crippen LogP contribution is 1.92. The van der Waals surface area contributed by atoms with Crippen LogP contribution in [-0.4, -0.2) is 26.6 Å². The topological polar surface area (TPSA) is 86.0 Å². The molecule has 0 radical (unpaired) electrons. The molecule has 0 atom stereocenters. The molecule has 1 N–H and O–H groups in total. The predicted octanol–water partition coefficient (Wildman–Crippen LogP) is -0.0656. The summed E-state index contributed by atoms with van der Waals surface area (Å²) in [6.07, 6.45) is 3.75. The Bertz CT molecular complexity index is 792. The Hall–Kier alpha value is -2.70. The lowest BCUT2D eigenvalue weighted by molar-refractivity contribution is 0.0950. The fourth-order valence-electron chi connectivity index (χ4n) is 1.98. The maximum Gasteiger partial charge on any atom is 0.263 e. The van der Waals surface area contributed by atoms with E-state index < -0.39 is 5.91 Å². The average molecular weight is 302 g/mol. The molecule has 2 heterocycles. The number of aromatic nitrogens is 3. The normalized spacial score (nSPS) is 10.5. The number of pyridine rings is 1. The van der Waals surface area contributed by atoms with Crippen molar-refractivity contribution in [1.82, 2.24) is 19.4 Å². The van der Waals surface area contributed by atoms with E-state index in [2.05, 4.69) is 10.3 Å². The van der Waals surface area contributed by atoms with Crippen molar-refractivity contribution >= 4 is 5.91 Å². The first kappa shape index (κ1) is 15.7. The summed E-state index contributed by atoms with van der Waals surface area (Å²) in [4.78, 5) is 39.7. The maximum absolute atomic E-state index is 12.0. The van der Waals surface area contributed by atoms with E-state index in [9.17, 15) is 14.4 Å². The predicted molar refractivity (Wildman–Crippen MR) is 81.9 cm³/mol. The van der Waals surface area contributed by atoms with E-state index in [-0.39, 0.29) is 23.2 Å². The van der Waals surface area contributed by atoms with Gasteiger partial charge in [-0.3, -0.25) is 19.0 Å². The Kier molecular flexibility index (Phi) is 4.88. The minimum atomic E-state index is -0.451. The summed E-state index contributed by atoms with van der Waals surface area (Å²) < 4.78 is 2.76. The number of carbonyl (C=O) groups is 1. The van der Waals surface area contributed by atoms with Crippen LogP contribution in [0.1, 0.15) is 23.0 Å². The Morgan fingerprint density at radius 1 is 1.36 bits per heavy atom. The number of hydrogen-bond acceptors (Lipinski definition) is 4. The van der Waals surface area contributed by atoms with Gasteiger partial charge in [0.1, 0.15) is 5.56 Å². The van der Waals surface area contributed by atoms with E-state index in [4.69, 9.17) is 0 Å². The molecule has 1 amide bonds. The van der Waals surface area contributed by atoms with Gasteiger partial charge in [-0.15, -0.1) is 0 Å². The van der Waals surface area contributed by atoms with Crippen LogP contribution in [-0.2, 0) is 20.0 Å². The molecule has 0 saturated carbocycles. The van der Waals surface area contributed by atoms with Crippen molar-refractivity contribution in [2.75, 3.05) is 6.54 Å². The van der Waals surface area contributed by atoms with Crippen LogP contribution in [0.25, 0.3) is 0 Å². The minimum absolute atomic E-state index is 0.0804. The van der Waals surface area contributed by atoms with Crippen LogP contribution in [0, 0.1) is 0 Å². The average Bonchev–Trinajstić information content (AvgIpc) is 2.51. The molecule has 0 aliphatic rings. The number of nitrogens with one attached hydrogen (secondary N) is 1. The fourth-order valence-corrected chi connectivity index (χ4v) is 1.98. The van der Waals surface area contributed by atoms with Gasteiger partial charge in [-0.2, -0.15) is 0 Å². The minimum Gasteiger partial charge on any atom is -0.350 e. The molecule has 7 heteroatoms. The summed E-state index contributed by atoms with van der Waals surface area (Å²) in [5.74, 6) is -0.451. The molecule has 0 saturated heterocycles. The zero-order chi connectivity index (χ0) is 16.1. The van der Waals surface area contributed by atoms with E-state index in [1.165, 1.54) is 27.6 Å². The number of hydrogen-bond donors (Lipinski definition) is 1. The van der Waals surface area contributed by atoms with Gasteiger partial charge in [0, 0.05) is 38.1 Å². The van der Waals surface area contributed by atoms with Crippen molar-refractivity contribution in [3.63, 3.8) is 0 Å². The maximum atomic E-state index is 12.0. The quantitative estimate of drug-likeness (QED) is 0.838. The summed E-state index contributed by atoms with van der Waals surface area (Å²) in [6.45, 7) is 2.46. The summed E-state index contributed by atoms with van der Waals surface area (Å²) >= 11 is 0. The molecular formula is C15H18N4O3.